The van der Waals surface area contributed by atoms with Crippen LogP contribution in [-0.4, -0.2) is 51.0 Å². The molecule has 1 rings (SSSR count). The maximum atomic E-state index is 11.4. The van der Waals surface area contributed by atoms with Gasteiger partial charge in [-0.3, -0.25) is 19.1 Å². The van der Waals surface area contributed by atoms with Crippen molar-refractivity contribution in [3.63, 3.8) is 0 Å². The van der Waals surface area contributed by atoms with Crippen LogP contribution in [0.25, 0.3) is 0 Å². The highest BCUT2D eigenvalue weighted by molar-refractivity contribution is 5.94. The fourth-order valence-electron chi connectivity index (χ4n) is 0.939. The zero-order valence-corrected chi connectivity index (χ0v) is 9.01. The van der Waals surface area contributed by atoms with E-state index in [0.717, 1.165) is 0 Å². The summed E-state index contributed by atoms with van der Waals surface area (Å²) in [6.45, 7) is -0.803. The summed E-state index contributed by atoms with van der Waals surface area (Å²) in [7, 11) is 1.60. The summed E-state index contributed by atoms with van der Waals surface area (Å²) >= 11 is 0. The van der Waals surface area contributed by atoms with Crippen LogP contribution in [0.1, 0.15) is 10.5 Å². The molecular formula is C8H11N5O4. The summed E-state index contributed by atoms with van der Waals surface area (Å²) in [6.07, 6.45) is 1.39. The average Bonchev–Trinajstić information content (AvgIpc) is 2.70. The molecule has 0 aliphatic carbocycles. The van der Waals surface area contributed by atoms with E-state index in [1.165, 1.54) is 10.9 Å². The van der Waals surface area contributed by atoms with E-state index in [1.807, 2.05) is 0 Å². The van der Waals surface area contributed by atoms with Crippen LogP contribution in [0.4, 0.5) is 0 Å². The molecule has 3 N–H and O–H groups in total. The number of rotatable bonds is 5. The molecule has 0 aliphatic rings. The van der Waals surface area contributed by atoms with Crippen molar-refractivity contribution in [2.24, 2.45) is 7.05 Å². The normalized spacial score (nSPS) is 9.71. The van der Waals surface area contributed by atoms with Gasteiger partial charge in [0.2, 0.25) is 5.91 Å². The van der Waals surface area contributed by atoms with E-state index in [0.29, 0.717) is 0 Å². The van der Waals surface area contributed by atoms with Gasteiger partial charge in [0.1, 0.15) is 6.54 Å². The maximum Gasteiger partial charge on any atom is 0.322 e. The molecule has 0 radical (unpaired) electrons. The first-order chi connectivity index (χ1) is 7.99. The van der Waals surface area contributed by atoms with Crippen LogP contribution in [0.15, 0.2) is 6.20 Å². The summed E-state index contributed by atoms with van der Waals surface area (Å²) < 4.78 is 1.35. The number of carbonyl (C=O) groups excluding carboxylic acids is 2. The molecule has 1 aromatic heterocycles. The van der Waals surface area contributed by atoms with Gasteiger partial charge in [-0.2, -0.15) is 0 Å². The fourth-order valence-corrected chi connectivity index (χ4v) is 0.939. The van der Waals surface area contributed by atoms with Crippen LogP contribution in [0.5, 0.6) is 0 Å². The fraction of sp³-hybridized carbons (Fsp3) is 0.375. The van der Waals surface area contributed by atoms with Gasteiger partial charge in [-0.1, -0.05) is 5.21 Å². The smallest absolute Gasteiger partial charge is 0.322 e. The van der Waals surface area contributed by atoms with E-state index >= 15 is 0 Å². The van der Waals surface area contributed by atoms with Gasteiger partial charge >= 0.3 is 5.97 Å². The van der Waals surface area contributed by atoms with Gasteiger partial charge in [-0.25, -0.2) is 0 Å². The molecule has 0 aliphatic heterocycles. The van der Waals surface area contributed by atoms with Crippen molar-refractivity contribution >= 4 is 17.8 Å². The largest absolute Gasteiger partial charge is 0.480 e. The van der Waals surface area contributed by atoms with Gasteiger partial charge in [0.25, 0.3) is 5.91 Å². The summed E-state index contributed by atoms with van der Waals surface area (Å²) in [5, 5.41) is 19.8. The molecule has 0 fully saturated rings. The summed E-state index contributed by atoms with van der Waals surface area (Å²) in [5.41, 5.74) is 0.0820. The van der Waals surface area contributed by atoms with Gasteiger partial charge in [0.05, 0.1) is 12.7 Å². The minimum Gasteiger partial charge on any atom is -0.480 e. The number of nitrogens with zero attached hydrogens (tertiary/aromatic N) is 3. The number of aromatic nitrogens is 3. The number of carboxylic acid groups (broad SMARTS) is 1. The van der Waals surface area contributed by atoms with Crippen molar-refractivity contribution in [2.75, 3.05) is 13.1 Å². The van der Waals surface area contributed by atoms with Gasteiger partial charge in [0, 0.05) is 7.05 Å². The molecule has 0 spiro atoms. The molecule has 92 valence electrons. The molecule has 9 heteroatoms. The number of aliphatic carboxylic acids is 1. The SMILES string of the molecule is Cn1cc(C(=O)NCC(=O)NCC(=O)O)nn1. The Morgan fingerprint density at radius 2 is 2.06 bits per heavy atom. The lowest BCUT2D eigenvalue weighted by Crippen LogP contribution is -2.39. The Bertz CT molecular complexity index is 441. The number of carbonyl (C=O) groups is 3. The van der Waals surface area contributed by atoms with E-state index in [1.54, 1.807) is 7.05 Å². The minimum atomic E-state index is -1.15. The minimum absolute atomic E-state index is 0.0820. The Hall–Kier alpha value is -2.45. The average molecular weight is 241 g/mol. The van der Waals surface area contributed by atoms with E-state index in [9.17, 15) is 14.4 Å². The van der Waals surface area contributed by atoms with Crippen molar-refractivity contribution in [1.82, 2.24) is 25.6 Å². The number of amides is 2. The van der Waals surface area contributed by atoms with Gasteiger partial charge in [0.15, 0.2) is 5.69 Å². The second kappa shape index (κ2) is 5.58. The van der Waals surface area contributed by atoms with Crippen molar-refractivity contribution in [3.05, 3.63) is 11.9 Å². The van der Waals surface area contributed by atoms with E-state index in [-0.39, 0.29) is 12.2 Å². The van der Waals surface area contributed by atoms with Crippen LogP contribution < -0.4 is 10.6 Å². The van der Waals surface area contributed by atoms with Crippen molar-refractivity contribution < 1.29 is 19.5 Å². The van der Waals surface area contributed by atoms with Crippen molar-refractivity contribution in [3.8, 4) is 0 Å². The lowest BCUT2D eigenvalue weighted by atomic mass is 10.4. The number of nitrogens with one attached hydrogen (secondary N) is 2. The maximum absolute atomic E-state index is 11.4. The zero-order valence-electron chi connectivity index (χ0n) is 9.01. The highest BCUT2D eigenvalue weighted by Crippen LogP contribution is 1.89. The number of aryl methyl sites for hydroxylation is 1. The molecular weight excluding hydrogens is 230 g/mol. The second-order valence-corrected chi connectivity index (χ2v) is 3.13. The molecule has 1 aromatic rings. The molecule has 0 aromatic carbocycles. The van der Waals surface area contributed by atoms with Gasteiger partial charge in [-0.05, 0) is 0 Å². The Labute approximate surface area is 95.8 Å². The highest BCUT2D eigenvalue weighted by Gasteiger charge is 2.11. The third-order valence-electron chi connectivity index (χ3n) is 1.68. The highest BCUT2D eigenvalue weighted by atomic mass is 16.4. The predicted octanol–water partition coefficient (Wildman–Crippen LogP) is -2.25. The number of hydrogen-bond acceptors (Lipinski definition) is 5. The monoisotopic (exact) mass is 241 g/mol. The third kappa shape index (κ3) is 4.28. The molecule has 0 atom stereocenters. The zero-order chi connectivity index (χ0) is 12.8. The Morgan fingerprint density at radius 3 is 2.59 bits per heavy atom. The van der Waals surface area contributed by atoms with Crippen molar-refractivity contribution in [1.29, 1.82) is 0 Å². The third-order valence-corrected chi connectivity index (χ3v) is 1.68. The number of carboxylic acids is 1. The standard InChI is InChI=1S/C8H11N5O4/c1-13-4-5(11-12-13)8(17)10-2-6(14)9-3-7(15)16/h4H,2-3H2,1H3,(H,9,14)(H,10,17)(H,15,16). The molecule has 0 saturated carbocycles. The molecule has 17 heavy (non-hydrogen) atoms. The summed E-state index contributed by atoms with van der Waals surface area (Å²) in [5.74, 6) is -2.30. The number of hydrogen-bond donors (Lipinski definition) is 3. The molecule has 0 unspecified atom stereocenters. The Kier molecular flexibility index (Phi) is 4.14. The molecule has 0 saturated heterocycles. The first-order valence-corrected chi connectivity index (χ1v) is 4.62. The first-order valence-electron chi connectivity index (χ1n) is 4.62. The topological polar surface area (TPSA) is 126 Å². The van der Waals surface area contributed by atoms with Crippen LogP contribution in [0, 0.1) is 0 Å². The van der Waals surface area contributed by atoms with Crippen LogP contribution in [0.2, 0.25) is 0 Å². The van der Waals surface area contributed by atoms with Gasteiger partial charge in [-0.15, -0.1) is 5.10 Å². The molecule has 2 amide bonds. The van der Waals surface area contributed by atoms with Crippen molar-refractivity contribution in [2.45, 2.75) is 0 Å². The van der Waals surface area contributed by atoms with Crippen LogP contribution in [0.3, 0.4) is 0 Å². The molecule has 1 heterocycles. The Balaban J connectivity index is 2.33. The summed E-state index contributed by atoms with van der Waals surface area (Å²) in [4.78, 5) is 32.6. The van der Waals surface area contributed by atoms with E-state index < -0.39 is 24.3 Å². The lowest BCUT2D eigenvalue weighted by Gasteiger charge is -2.02. The molecule has 9 nitrogen and oxygen atoms in total. The first kappa shape index (κ1) is 12.6. The second-order valence-electron chi connectivity index (χ2n) is 3.13. The summed E-state index contributed by atoms with van der Waals surface area (Å²) in [6, 6.07) is 0. The quantitative estimate of drug-likeness (QED) is 0.534. The molecule has 0 bridgehead atoms. The lowest BCUT2D eigenvalue weighted by molar-refractivity contribution is -0.137. The van der Waals surface area contributed by atoms with Crippen LogP contribution >= 0.6 is 0 Å². The van der Waals surface area contributed by atoms with Crippen LogP contribution in [-0.2, 0) is 16.6 Å². The predicted molar refractivity (Wildman–Crippen MR) is 54.0 cm³/mol. The van der Waals surface area contributed by atoms with Gasteiger partial charge < -0.3 is 15.7 Å². The van der Waals surface area contributed by atoms with E-state index in [4.69, 9.17) is 5.11 Å². The van der Waals surface area contributed by atoms with E-state index in [2.05, 4.69) is 20.9 Å². The Morgan fingerprint density at radius 1 is 1.35 bits per heavy atom.